The number of carbonyl (C=O) groups excluding carboxylic acids is 1. The lowest BCUT2D eigenvalue weighted by molar-refractivity contribution is -0.116. The number of nitrogens with one attached hydrogen (secondary N) is 1. The van der Waals surface area contributed by atoms with Crippen molar-refractivity contribution in [3.8, 4) is 17.0 Å². The number of rotatable bonds is 8. The molecule has 156 valence electrons. The van der Waals surface area contributed by atoms with E-state index in [2.05, 4.69) is 10.4 Å². The maximum atomic E-state index is 12.2. The summed E-state index contributed by atoms with van der Waals surface area (Å²) in [5.41, 5.74) is 1.84. The largest absolute Gasteiger partial charge is 0.494 e. The Morgan fingerprint density at radius 2 is 1.87 bits per heavy atom. The molecular weight excluding hydrogens is 425 g/mol. The van der Waals surface area contributed by atoms with Gasteiger partial charge in [0.2, 0.25) is 5.91 Å². The average Bonchev–Trinajstić information content (AvgIpc) is 2.72. The van der Waals surface area contributed by atoms with E-state index in [1.54, 1.807) is 24.3 Å². The topological polar surface area (TPSA) is 73.2 Å². The molecular formula is C22H21Cl2N3O3. The number of hydrogen-bond acceptors (Lipinski definition) is 4. The van der Waals surface area contributed by atoms with Crippen LogP contribution in [0.4, 0.5) is 5.69 Å². The first-order valence-electron chi connectivity index (χ1n) is 9.52. The monoisotopic (exact) mass is 445 g/mol. The molecule has 3 rings (SSSR count). The molecule has 0 aliphatic rings. The molecule has 0 aliphatic carbocycles. The van der Waals surface area contributed by atoms with Crippen molar-refractivity contribution in [1.29, 1.82) is 0 Å². The summed E-state index contributed by atoms with van der Waals surface area (Å²) >= 11 is 11.9. The molecule has 2 aromatic carbocycles. The van der Waals surface area contributed by atoms with Crippen LogP contribution in [-0.4, -0.2) is 22.3 Å². The number of halogens is 2. The van der Waals surface area contributed by atoms with Crippen LogP contribution >= 0.6 is 23.2 Å². The molecule has 1 N–H and O–H groups in total. The number of hydrogen-bond donors (Lipinski definition) is 1. The normalized spacial score (nSPS) is 10.6. The van der Waals surface area contributed by atoms with Gasteiger partial charge in [-0.2, -0.15) is 5.10 Å². The van der Waals surface area contributed by atoms with Gasteiger partial charge in [-0.15, -0.1) is 0 Å². The fourth-order valence-electron chi connectivity index (χ4n) is 2.84. The first kappa shape index (κ1) is 21.9. The Balaban J connectivity index is 1.60. The van der Waals surface area contributed by atoms with Gasteiger partial charge in [-0.1, -0.05) is 23.2 Å². The number of anilines is 1. The maximum Gasteiger partial charge on any atom is 0.266 e. The van der Waals surface area contributed by atoms with E-state index in [1.807, 2.05) is 31.2 Å². The van der Waals surface area contributed by atoms with Crippen LogP contribution in [0, 0.1) is 0 Å². The fourth-order valence-corrected chi connectivity index (χ4v) is 3.30. The quantitative estimate of drug-likeness (QED) is 0.527. The number of aryl methyl sites for hydroxylation is 1. The predicted molar refractivity (Wildman–Crippen MR) is 119 cm³/mol. The molecule has 8 heteroatoms. The Kier molecular flexibility index (Phi) is 7.49. The van der Waals surface area contributed by atoms with E-state index in [0.29, 0.717) is 41.0 Å². The molecule has 1 amide bonds. The van der Waals surface area contributed by atoms with Crippen LogP contribution in [0.2, 0.25) is 10.0 Å². The summed E-state index contributed by atoms with van der Waals surface area (Å²) in [4.78, 5) is 24.3. The molecule has 3 aromatic rings. The van der Waals surface area contributed by atoms with Crippen molar-refractivity contribution in [2.75, 3.05) is 11.9 Å². The molecule has 1 heterocycles. The van der Waals surface area contributed by atoms with Crippen LogP contribution in [0.3, 0.4) is 0 Å². The number of nitrogens with zero attached hydrogens (tertiary/aromatic N) is 2. The minimum absolute atomic E-state index is 0.199. The first-order chi connectivity index (χ1) is 14.5. The highest BCUT2D eigenvalue weighted by Crippen LogP contribution is 2.25. The van der Waals surface area contributed by atoms with Gasteiger partial charge in [0, 0.05) is 29.6 Å². The molecule has 0 atom stereocenters. The van der Waals surface area contributed by atoms with E-state index in [0.717, 1.165) is 11.3 Å². The SMILES string of the molecule is CCOc1ccc(-c2ccc(=O)n(CCCC(=O)Nc3ccc(Cl)cc3Cl)n2)cc1. The van der Waals surface area contributed by atoms with Gasteiger partial charge in [-0.25, -0.2) is 4.68 Å². The molecule has 0 radical (unpaired) electrons. The Bertz CT molecular complexity index is 1080. The van der Waals surface area contributed by atoms with Crippen LogP contribution in [0.25, 0.3) is 11.3 Å². The van der Waals surface area contributed by atoms with Crippen LogP contribution in [0.15, 0.2) is 59.4 Å². The Labute approximate surface area is 184 Å². The molecule has 6 nitrogen and oxygen atoms in total. The third kappa shape index (κ3) is 5.84. The highest BCUT2D eigenvalue weighted by molar-refractivity contribution is 6.36. The number of aromatic nitrogens is 2. The third-order valence-corrected chi connectivity index (χ3v) is 4.85. The molecule has 0 bridgehead atoms. The van der Waals surface area contributed by atoms with Gasteiger partial charge in [0.25, 0.3) is 5.56 Å². The lowest BCUT2D eigenvalue weighted by Gasteiger charge is -2.09. The summed E-state index contributed by atoms with van der Waals surface area (Å²) in [7, 11) is 0. The van der Waals surface area contributed by atoms with Crippen molar-refractivity contribution >= 4 is 34.8 Å². The zero-order valence-electron chi connectivity index (χ0n) is 16.4. The van der Waals surface area contributed by atoms with Crippen molar-refractivity contribution in [3.63, 3.8) is 0 Å². The number of carbonyl (C=O) groups is 1. The molecule has 1 aromatic heterocycles. The number of amides is 1. The van der Waals surface area contributed by atoms with E-state index in [9.17, 15) is 9.59 Å². The van der Waals surface area contributed by atoms with E-state index in [-0.39, 0.29) is 17.9 Å². The highest BCUT2D eigenvalue weighted by atomic mass is 35.5. The van der Waals surface area contributed by atoms with Crippen LogP contribution < -0.4 is 15.6 Å². The van der Waals surface area contributed by atoms with Gasteiger partial charge in [0.15, 0.2) is 0 Å². The van der Waals surface area contributed by atoms with Crippen molar-refractivity contribution in [2.45, 2.75) is 26.3 Å². The van der Waals surface area contributed by atoms with Crippen LogP contribution in [0.5, 0.6) is 5.75 Å². The van der Waals surface area contributed by atoms with Crippen molar-refractivity contribution in [3.05, 3.63) is 75.0 Å². The summed E-state index contributed by atoms with van der Waals surface area (Å²) in [5.74, 6) is 0.580. The highest BCUT2D eigenvalue weighted by Gasteiger charge is 2.08. The second-order valence-electron chi connectivity index (χ2n) is 6.51. The lowest BCUT2D eigenvalue weighted by atomic mass is 10.1. The summed E-state index contributed by atoms with van der Waals surface area (Å²) in [6.45, 7) is 2.85. The van der Waals surface area contributed by atoms with Gasteiger partial charge in [-0.3, -0.25) is 9.59 Å². The van der Waals surface area contributed by atoms with Crippen LogP contribution in [0.1, 0.15) is 19.8 Å². The summed E-state index contributed by atoms with van der Waals surface area (Å²) < 4.78 is 6.81. The molecule has 0 spiro atoms. The second-order valence-corrected chi connectivity index (χ2v) is 7.36. The van der Waals surface area contributed by atoms with E-state index < -0.39 is 0 Å². The smallest absolute Gasteiger partial charge is 0.266 e. The lowest BCUT2D eigenvalue weighted by Crippen LogP contribution is -2.23. The summed E-state index contributed by atoms with van der Waals surface area (Å²) in [6, 6.07) is 15.5. The van der Waals surface area contributed by atoms with Gasteiger partial charge in [0.1, 0.15) is 5.75 Å². The Hall–Kier alpha value is -2.83. The van der Waals surface area contributed by atoms with E-state index >= 15 is 0 Å². The zero-order valence-corrected chi connectivity index (χ0v) is 17.9. The van der Waals surface area contributed by atoms with E-state index in [1.165, 1.54) is 10.7 Å². The zero-order chi connectivity index (χ0) is 21.5. The van der Waals surface area contributed by atoms with Crippen molar-refractivity contribution in [2.24, 2.45) is 0 Å². The van der Waals surface area contributed by atoms with Gasteiger partial charge in [-0.05, 0) is 61.9 Å². The summed E-state index contributed by atoms with van der Waals surface area (Å²) in [6.07, 6.45) is 0.678. The Morgan fingerprint density at radius 1 is 1.10 bits per heavy atom. The number of ether oxygens (including phenoxy) is 1. The third-order valence-electron chi connectivity index (χ3n) is 4.31. The van der Waals surface area contributed by atoms with Crippen molar-refractivity contribution < 1.29 is 9.53 Å². The van der Waals surface area contributed by atoms with Gasteiger partial charge < -0.3 is 10.1 Å². The Morgan fingerprint density at radius 3 is 2.57 bits per heavy atom. The standard InChI is InChI=1S/C22H21Cl2N3O3/c1-2-30-17-8-5-15(6-9-17)19-11-12-22(29)27(26-19)13-3-4-21(28)25-20-10-7-16(23)14-18(20)24/h5-12,14H,2-4,13H2,1H3,(H,25,28). The molecule has 0 unspecified atom stereocenters. The first-order valence-corrected chi connectivity index (χ1v) is 10.3. The molecule has 0 saturated heterocycles. The molecule has 0 aliphatic heterocycles. The minimum Gasteiger partial charge on any atom is -0.494 e. The molecule has 0 saturated carbocycles. The number of benzene rings is 2. The van der Waals surface area contributed by atoms with Gasteiger partial charge >= 0.3 is 0 Å². The van der Waals surface area contributed by atoms with Gasteiger partial charge in [0.05, 0.1) is 23.0 Å². The second kappa shape index (κ2) is 10.3. The summed E-state index contributed by atoms with van der Waals surface area (Å²) in [5, 5.41) is 8.03. The average molecular weight is 446 g/mol. The van der Waals surface area contributed by atoms with E-state index in [4.69, 9.17) is 27.9 Å². The molecule has 30 heavy (non-hydrogen) atoms. The maximum absolute atomic E-state index is 12.2. The molecule has 0 fully saturated rings. The van der Waals surface area contributed by atoms with Crippen LogP contribution in [-0.2, 0) is 11.3 Å². The minimum atomic E-state index is -0.217. The fraction of sp³-hybridized carbons (Fsp3) is 0.227. The predicted octanol–water partition coefficient (Wildman–Crippen LogP) is 5.03. The van der Waals surface area contributed by atoms with Crippen molar-refractivity contribution in [1.82, 2.24) is 9.78 Å².